The summed E-state index contributed by atoms with van der Waals surface area (Å²) in [6.07, 6.45) is -2.78. The summed E-state index contributed by atoms with van der Waals surface area (Å²) in [5, 5.41) is 2.99. The van der Waals surface area contributed by atoms with Crippen molar-refractivity contribution in [2.24, 2.45) is 10.7 Å². The summed E-state index contributed by atoms with van der Waals surface area (Å²) >= 11 is 0. The molecule has 1 aromatic carbocycles. The number of hydrogen-bond acceptors (Lipinski definition) is 2. The highest BCUT2D eigenvalue weighted by molar-refractivity contribution is 5.77. The van der Waals surface area contributed by atoms with Crippen LogP contribution in [-0.4, -0.2) is 50.3 Å². The average molecular weight is 316 g/mol. The molecule has 0 radical (unpaired) electrons. The first kappa shape index (κ1) is 18.3. The van der Waals surface area contributed by atoms with E-state index in [1.54, 1.807) is 0 Å². The average Bonchev–Trinajstić information content (AvgIpc) is 2.43. The fraction of sp³-hybridized carbons (Fsp3) is 0.533. The lowest BCUT2D eigenvalue weighted by Crippen LogP contribution is -2.34. The minimum Gasteiger partial charge on any atom is -0.370 e. The van der Waals surface area contributed by atoms with Gasteiger partial charge in [-0.15, -0.1) is 0 Å². The van der Waals surface area contributed by atoms with Gasteiger partial charge in [-0.3, -0.25) is 9.89 Å². The molecule has 0 saturated heterocycles. The van der Waals surface area contributed by atoms with E-state index in [1.807, 2.05) is 30.3 Å². The third-order valence-electron chi connectivity index (χ3n) is 2.99. The van der Waals surface area contributed by atoms with E-state index < -0.39 is 12.7 Å². The van der Waals surface area contributed by atoms with Crippen LogP contribution >= 0.6 is 0 Å². The van der Waals surface area contributed by atoms with Gasteiger partial charge in [-0.1, -0.05) is 30.3 Å². The van der Waals surface area contributed by atoms with Gasteiger partial charge in [0, 0.05) is 13.1 Å². The third-order valence-corrected chi connectivity index (χ3v) is 2.99. The highest BCUT2D eigenvalue weighted by Gasteiger charge is 2.28. The lowest BCUT2D eigenvalue weighted by Gasteiger charge is -2.17. The second kappa shape index (κ2) is 9.30. The van der Waals surface area contributed by atoms with Crippen molar-refractivity contribution in [1.82, 2.24) is 10.2 Å². The van der Waals surface area contributed by atoms with Crippen molar-refractivity contribution in [2.75, 3.05) is 33.2 Å². The van der Waals surface area contributed by atoms with E-state index in [1.165, 1.54) is 17.5 Å². The number of alkyl halides is 3. The number of aliphatic imine (C=N–C) groups is 1. The Morgan fingerprint density at radius 1 is 1.27 bits per heavy atom. The van der Waals surface area contributed by atoms with Crippen LogP contribution in [0.25, 0.3) is 0 Å². The summed E-state index contributed by atoms with van der Waals surface area (Å²) in [5.74, 6) is 0.328. The van der Waals surface area contributed by atoms with Gasteiger partial charge in [-0.25, -0.2) is 0 Å². The van der Waals surface area contributed by atoms with E-state index in [0.717, 1.165) is 6.42 Å². The van der Waals surface area contributed by atoms with Crippen molar-refractivity contribution in [1.29, 1.82) is 0 Å². The molecule has 3 N–H and O–H groups in total. The molecule has 0 atom stereocenters. The molecule has 7 heteroatoms. The Morgan fingerprint density at radius 3 is 2.59 bits per heavy atom. The van der Waals surface area contributed by atoms with Gasteiger partial charge in [0.2, 0.25) is 0 Å². The molecule has 0 unspecified atom stereocenters. The monoisotopic (exact) mass is 316 g/mol. The highest BCUT2D eigenvalue weighted by Crippen LogP contribution is 2.15. The fourth-order valence-electron chi connectivity index (χ4n) is 1.96. The van der Waals surface area contributed by atoms with Crippen LogP contribution in [-0.2, 0) is 6.42 Å². The van der Waals surface area contributed by atoms with Crippen LogP contribution in [0, 0.1) is 0 Å². The number of nitrogens with two attached hydrogens (primary N) is 1. The van der Waals surface area contributed by atoms with E-state index in [9.17, 15) is 13.2 Å². The third kappa shape index (κ3) is 9.23. The molecule has 22 heavy (non-hydrogen) atoms. The molecule has 0 heterocycles. The predicted octanol–water partition coefficient (Wildman–Crippen LogP) is 2.02. The molecule has 0 aliphatic carbocycles. The van der Waals surface area contributed by atoms with Crippen LogP contribution in [0.1, 0.15) is 12.0 Å². The number of nitrogens with one attached hydrogen (secondary N) is 1. The second-order valence-electron chi connectivity index (χ2n) is 5.14. The standard InChI is InChI=1S/C15H23F3N4/c1-22(12-15(16,17)18)11-5-9-20-14(19)21-10-8-13-6-3-2-4-7-13/h2-4,6-7H,5,8-12H2,1H3,(H3,19,20,21). The van der Waals surface area contributed by atoms with Gasteiger partial charge < -0.3 is 11.1 Å². The van der Waals surface area contributed by atoms with Crippen LogP contribution in [0.15, 0.2) is 35.3 Å². The molecule has 0 saturated carbocycles. The van der Waals surface area contributed by atoms with Gasteiger partial charge in [-0.05, 0) is 32.0 Å². The molecular weight excluding hydrogens is 293 g/mol. The Hall–Kier alpha value is -1.76. The van der Waals surface area contributed by atoms with E-state index in [-0.39, 0.29) is 0 Å². The summed E-state index contributed by atoms with van der Waals surface area (Å²) < 4.78 is 36.4. The van der Waals surface area contributed by atoms with E-state index >= 15 is 0 Å². The Morgan fingerprint density at radius 2 is 1.95 bits per heavy atom. The van der Waals surface area contributed by atoms with Gasteiger partial charge in [-0.2, -0.15) is 13.2 Å². The maximum atomic E-state index is 12.1. The number of benzene rings is 1. The number of hydrogen-bond donors (Lipinski definition) is 2. The summed E-state index contributed by atoms with van der Waals surface area (Å²) in [7, 11) is 1.44. The van der Waals surface area contributed by atoms with Gasteiger partial charge in [0.15, 0.2) is 5.96 Å². The molecule has 0 aliphatic rings. The normalized spacial score (nSPS) is 12.7. The quantitative estimate of drug-likeness (QED) is 0.438. The largest absolute Gasteiger partial charge is 0.401 e. The smallest absolute Gasteiger partial charge is 0.370 e. The minimum atomic E-state index is -4.16. The van der Waals surface area contributed by atoms with E-state index in [0.29, 0.717) is 32.0 Å². The van der Waals surface area contributed by atoms with Crippen molar-refractivity contribution >= 4 is 5.96 Å². The molecule has 0 aromatic heterocycles. The van der Waals surface area contributed by atoms with Crippen molar-refractivity contribution in [3.63, 3.8) is 0 Å². The zero-order chi connectivity index (χ0) is 16.4. The molecule has 0 aliphatic heterocycles. The van der Waals surface area contributed by atoms with Crippen LogP contribution in [0.4, 0.5) is 13.2 Å². The molecule has 0 amide bonds. The van der Waals surface area contributed by atoms with Crippen LogP contribution in [0.2, 0.25) is 0 Å². The molecule has 1 rings (SSSR count). The van der Waals surface area contributed by atoms with Crippen molar-refractivity contribution in [3.8, 4) is 0 Å². The molecule has 4 nitrogen and oxygen atoms in total. The summed E-state index contributed by atoms with van der Waals surface area (Å²) in [4.78, 5) is 5.33. The summed E-state index contributed by atoms with van der Waals surface area (Å²) in [6.45, 7) is 0.515. The molecular formula is C15H23F3N4. The molecule has 124 valence electrons. The predicted molar refractivity (Wildman–Crippen MR) is 82.8 cm³/mol. The lowest BCUT2D eigenvalue weighted by atomic mass is 10.1. The maximum absolute atomic E-state index is 12.1. The number of guanidine groups is 1. The van der Waals surface area contributed by atoms with Crippen LogP contribution in [0.3, 0.4) is 0 Å². The van der Waals surface area contributed by atoms with Crippen molar-refractivity contribution in [2.45, 2.75) is 19.0 Å². The van der Waals surface area contributed by atoms with E-state index in [2.05, 4.69) is 10.3 Å². The molecule has 1 aromatic rings. The zero-order valence-corrected chi connectivity index (χ0v) is 12.7. The zero-order valence-electron chi connectivity index (χ0n) is 12.7. The second-order valence-corrected chi connectivity index (χ2v) is 5.14. The Bertz CT molecular complexity index is 446. The number of halogens is 3. The van der Waals surface area contributed by atoms with Gasteiger partial charge in [0.25, 0.3) is 0 Å². The SMILES string of the molecule is CN(CCCN=C(N)NCCc1ccccc1)CC(F)(F)F. The Labute approximate surface area is 129 Å². The molecule has 0 bridgehead atoms. The maximum Gasteiger partial charge on any atom is 0.401 e. The number of rotatable bonds is 8. The fourth-order valence-corrected chi connectivity index (χ4v) is 1.96. The molecule has 0 fully saturated rings. The van der Waals surface area contributed by atoms with Crippen molar-refractivity contribution in [3.05, 3.63) is 35.9 Å². The minimum absolute atomic E-state index is 0.328. The first-order chi connectivity index (χ1) is 10.4. The summed E-state index contributed by atoms with van der Waals surface area (Å²) in [6, 6.07) is 9.98. The van der Waals surface area contributed by atoms with Crippen LogP contribution in [0.5, 0.6) is 0 Å². The van der Waals surface area contributed by atoms with Gasteiger partial charge in [0.1, 0.15) is 0 Å². The lowest BCUT2D eigenvalue weighted by molar-refractivity contribution is -0.143. The molecule has 0 spiro atoms. The van der Waals surface area contributed by atoms with Gasteiger partial charge >= 0.3 is 6.18 Å². The first-order valence-corrected chi connectivity index (χ1v) is 7.20. The summed E-state index contributed by atoms with van der Waals surface area (Å²) in [5.41, 5.74) is 6.91. The number of nitrogens with zero attached hydrogens (tertiary/aromatic N) is 2. The van der Waals surface area contributed by atoms with E-state index in [4.69, 9.17) is 5.73 Å². The highest BCUT2D eigenvalue weighted by atomic mass is 19.4. The Balaban J connectivity index is 2.13. The topological polar surface area (TPSA) is 53.6 Å². The van der Waals surface area contributed by atoms with Crippen LogP contribution < -0.4 is 11.1 Å². The van der Waals surface area contributed by atoms with Gasteiger partial charge in [0.05, 0.1) is 6.54 Å². The first-order valence-electron chi connectivity index (χ1n) is 7.20. The van der Waals surface area contributed by atoms with Crippen molar-refractivity contribution < 1.29 is 13.2 Å². The Kier molecular flexibility index (Phi) is 7.73.